The van der Waals surface area contributed by atoms with Crippen molar-refractivity contribution in [2.24, 2.45) is 0 Å². The molecule has 0 radical (unpaired) electrons. The van der Waals surface area contributed by atoms with Gasteiger partial charge in [-0.2, -0.15) is 0 Å². The zero-order valence-corrected chi connectivity index (χ0v) is 12.8. The topological polar surface area (TPSA) is 32.3 Å². The molecular weight excluding hydrogens is 351 g/mol. The molecule has 1 N–H and O–H groups in total. The predicted molar refractivity (Wildman–Crippen MR) is 87.5 cm³/mol. The Morgan fingerprint density at radius 3 is 2.58 bits per heavy atom. The van der Waals surface area contributed by atoms with E-state index in [1.54, 1.807) is 0 Å². The number of amides is 1. The molecule has 2 rings (SSSR count). The maximum Gasteiger partial charge on any atom is 0.243 e. The Balaban J connectivity index is 1.95. The highest BCUT2D eigenvalue weighted by Gasteiger charge is 2.07. The van der Waals surface area contributed by atoms with E-state index < -0.39 is 0 Å². The number of nitrogens with zero attached hydrogens (tertiary/aromatic N) is 1. The molecule has 0 aliphatic carbocycles. The van der Waals surface area contributed by atoms with E-state index in [2.05, 4.69) is 27.9 Å². The Labute approximate surface area is 126 Å². The van der Waals surface area contributed by atoms with Crippen LogP contribution in [0.1, 0.15) is 0 Å². The quantitative estimate of drug-likeness (QED) is 0.842. The number of halogens is 1. The first-order valence-corrected chi connectivity index (χ1v) is 7.04. The van der Waals surface area contributed by atoms with Crippen LogP contribution in [0.5, 0.6) is 0 Å². The lowest BCUT2D eigenvalue weighted by molar-refractivity contribution is -0.114. The van der Waals surface area contributed by atoms with E-state index in [0.29, 0.717) is 6.54 Å². The summed E-state index contributed by atoms with van der Waals surface area (Å²) in [6.07, 6.45) is 0. The average molecular weight is 366 g/mol. The van der Waals surface area contributed by atoms with Crippen LogP contribution < -0.4 is 10.2 Å². The second-order valence-electron chi connectivity index (χ2n) is 4.25. The van der Waals surface area contributed by atoms with Gasteiger partial charge in [0.1, 0.15) is 0 Å². The van der Waals surface area contributed by atoms with Gasteiger partial charge in [0.15, 0.2) is 0 Å². The summed E-state index contributed by atoms with van der Waals surface area (Å²) in [4.78, 5) is 13.9. The van der Waals surface area contributed by atoms with Gasteiger partial charge in [0.25, 0.3) is 0 Å². The number of nitrogens with one attached hydrogen (secondary N) is 1. The van der Waals surface area contributed by atoms with Crippen LogP contribution in [-0.2, 0) is 4.79 Å². The van der Waals surface area contributed by atoms with Crippen molar-refractivity contribution in [3.05, 3.63) is 58.2 Å². The van der Waals surface area contributed by atoms with Gasteiger partial charge in [-0.15, -0.1) is 0 Å². The summed E-state index contributed by atoms with van der Waals surface area (Å²) >= 11 is 2.23. The molecule has 0 heterocycles. The first-order valence-electron chi connectivity index (χ1n) is 5.97. The van der Waals surface area contributed by atoms with Crippen molar-refractivity contribution in [3.63, 3.8) is 0 Å². The predicted octanol–water partition coefficient (Wildman–Crippen LogP) is 3.37. The number of rotatable bonds is 4. The summed E-state index contributed by atoms with van der Waals surface area (Å²) < 4.78 is 1.10. The van der Waals surface area contributed by atoms with E-state index in [0.717, 1.165) is 14.9 Å². The lowest BCUT2D eigenvalue weighted by Gasteiger charge is -2.18. The van der Waals surface area contributed by atoms with E-state index in [1.165, 1.54) is 0 Å². The van der Waals surface area contributed by atoms with Crippen molar-refractivity contribution in [1.29, 1.82) is 0 Å². The average Bonchev–Trinajstić information content (AvgIpc) is 2.39. The number of para-hydroxylation sites is 1. The van der Waals surface area contributed by atoms with Crippen molar-refractivity contribution in [2.45, 2.75) is 0 Å². The molecule has 0 atom stereocenters. The van der Waals surface area contributed by atoms with Gasteiger partial charge in [0.05, 0.1) is 6.54 Å². The van der Waals surface area contributed by atoms with Crippen molar-refractivity contribution in [3.8, 4) is 0 Å². The lowest BCUT2D eigenvalue weighted by Crippen LogP contribution is -2.29. The highest BCUT2D eigenvalue weighted by molar-refractivity contribution is 14.1. The van der Waals surface area contributed by atoms with E-state index >= 15 is 0 Å². The van der Waals surface area contributed by atoms with E-state index in [9.17, 15) is 4.79 Å². The zero-order chi connectivity index (χ0) is 13.7. The molecule has 1 amide bonds. The molecule has 0 aromatic heterocycles. The summed E-state index contributed by atoms with van der Waals surface area (Å²) in [5.74, 6) is -0.0200. The Bertz CT molecular complexity index is 557. The number of hydrogen-bond donors (Lipinski definition) is 1. The van der Waals surface area contributed by atoms with Gasteiger partial charge < -0.3 is 10.2 Å². The lowest BCUT2D eigenvalue weighted by atomic mass is 10.3. The molecule has 0 saturated carbocycles. The van der Waals surface area contributed by atoms with Crippen LogP contribution in [0.2, 0.25) is 0 Å². The molecule has 0 unspecified atom stereocenters. The number of hydrogen-bond acceptors (Lipinski definition) is 2. The van der Waals surface area contributed by atoms with Crippen LogP contribution >= 0.6 is 22.6 Å². The number of likely N-dealkylation sites (N-methyl/N-ethyl adjacent to an activating group) is 1. The van der Waals surface area contributed by atoms with Crippen molar-refractivity contribution in [1.82, 2.24) is 0 Å². The molecule has 0 spiro atoms. The molecule has 0 aliphatic heterocycles. The molecule has 2 aromatic rings. The minimum Gasteiger partial charge on any atom is -0.365 e. The Kier molecular flexibility index (Phi) is 4.79. The van der Waals surface area contributed by atoms with E-state index in [4.69, 9.17) is 0 Å². The summed E-state index contributed by atoms with van der Waals surface area (Å²) in [6, 6.07) is 17.6. The molecule has 0 aliphatic rings. The van der Waals surface area contributed by atoms with Crippen LogP contribution in [0, 0.1) is 3.57 Å². The van der Waals surface area contributed by atoms with Crippen LogP contribution in [0.25, 0.3) is 0 Å². The Morgan fingerprint density at radius 1 is 1.16 bits per heavy atom. The van der Waals surface area contributed by atoms with Gasteiger partial charge in [-0.1, -0.05) is 24.3 Å². The minimum absolute atomic E-state index is 0.0200. The normalized spacial score (nSPS) is 10.0. The van der Waals surface area contributed by atoms with Crippen molar-refractivity contribution in [2.75, 3.05) is 23.8 Å². The Hall–Kier alpha value is -1.56. The first kappa shape index (κ1) is 13.9. The fraction of sp³-hybridized carbons (Fsp3) is 0.133. The maximum atomic E-state index is 12.0. The second kappa shape index (κ2) is 6.56. The van der Waals surface area contributed by atoms with Crippen LogP contribution in [0.3, 0.4) is 0 Å². The summed E-state index contributed by atoms with van der Waals surface area (Å²) in [5.41, 5.74) is 1.86. The summed E-state index contributed by atoms with van der Waals surface area (Å²) in [7, 11) is 1.91. The number of anilines is 2. The molecule has 19 heavy (non-hydrogen) atoms. The highest BCUT2D eigenvalue weighted by atomic mass is 127. The third-order valence-electron chi connectivity index (χ3n) is 2.69. The standard InChI is InChI=1S/C15H15IN2O/c1-18(14-8-3-2-4-9-14)11-15(19)17-13-7-5-6-12(16)10-13/h2-10H,11H2,1H3,(H,17,19). The largest absolute Gasteiger partial charge is 0.365 e. The van der Waals surface area contributed by atoms with Gasteiger partial charge in [0.2, 0.25) is 5.91 Å². The molecule has 2 aromatic carbocycles. The van der Waals surface area contributed by atoms with Gasteiger partial charge in [-0.3, -0.25) is 4.79 Å². The molecule has 4 heteroatoms. The van der Waals surface area contributed by atoms with E-state index in [-0.39, 0.29) is 5.91 Å². The third-order valence-corrected chi connectivity index (χ3v) is 3.36. The number of carbonyl (C=O) groups excluding carboxylic acids is 1. The van der Waals surface area contributed by atoms with Crippen LogP contribution in [0.15, 0.2) is 54.6 Å². The highest BCUT2D eigenvalue weighted by Crippen LogP contribution is 2.13. The smallest absolute Gasteiger partial charge is 0.243 e. The van der Waals surface area contributed by atoms with Gasteiger partial charge >= 0.3 is 0 Å². The monoisotopic (exact) mass is 366 g/mol. The molecular formula is C15H15IN2O. The molecule has 0 fully saturated rings. The molecule has 98 valence electrons. The summed E-state index contributed by atoms with van der Waals surface area (Å²) in [6.45, 7) is 0.329. The SMILES string of the molecule is CN(CC(=O)Nc1cccc(I)c1)c1ccccc1. The summed E-state index contributed by atoms with van der Waals surface area (Å²) in [5, 5.41) is 2.90. The minimum atomic E-state index is -0.0200. The van der Waals surface area contributed by atoms with Crippen molar-refractivity contribution >= 4 is 39.9 Å². The van der Waals surface area contributed by atoms with E-state index in [1.807, 2.05) is 66.5 Å². The number of benzene rings is 2. The third kappa shape index (κ3) is 4.24. The molecule has 0 saturated heterocycles. The van der Waals surface area contributed by atoms with Gasteiger partial charge in [-0.05, 0) is 52.9 Å². The second-order valence-corrected chi connectivity index (χ2v) is 5.50. The molecule has 3 nitrogen and oxygen atoms in total. The van der Waals surface area contributed by atoms with Crippen LogP contribution in [-0.4, -0.2) is 19.5 Å². The zero-order valence-electron chi connectivity index (χ0n) is 10.6. The van der Waals surface area contributed by atoms with Crippen LogP contribution in [0.4, 0.5) is 11.4 Å². The maximum absolute atomic E-state index is 12.0. The van der Waals surface area contributed by atoms with Gasteiger partial charge in [0, 0.05) is 22.0 Å². The van der Waals surface area contributed by atoms with Gasteiger partial charge in [-0.25, -0.2) is 0 Å². The first-order chi connectivity index (χ1) is 9.15. The fourth-order valence-electron chi connectivity index (χ4n) is 1.76. The fourth-order valence-corrected chi connectivity index (χ4v) is 2.30. The Morgan fingerprint density at radius 2 is 1.89 bits per heavy atom. The van der Waals surface area contributed by atoms with Crippen molar-refractivity contribution < 1.29 is 4.79 Å². The molecule has 0 bridgehead atoms. The number of carbonyl (C=O) groups is 1.